The lowest BCUT2D eigenvalue weighted by Gasteiger charge is -2.34. The zero-order chi connectivity index (χ0) is 22.6. The number of nitrogens with one attached hydrogen (secondary N) is 2. The van der Waals surface area contributed by atoms with Crippen LogP contribution in [0, 0.1) is 5.92 Å². The highest BCUT2D eigenvalue weighted by molar-refractivity contribution is 5.79. The minimum Gasteiger partial charge on any atom is -0.497 e. The molecule has 0 aliphatic carbocycles. The maximum absolute atomic E-state index is 12.7. The standard InChI is InChI=1S/C23H38N4O4/c1-18(2)23(19-6-8-20(31-4)9-7-19)25-22(29)17-27-13-11-26(12-14-27)16-21(28)24-10-5-15-30-3/h6-9,18,23H,5,10-17H2,1-4H3,(H,24,28)(H,25,29). The van der Waals surface area contributed by atoms with Gasteiger partial charge in [0.2, 0.25) is 11.8 Å². The van der Waals surface area contributed by atoms with Crippen molar-refractivity contribution in [3.05, 3.63) is 29.8 Å². The minimum atomic E-state index is -0.0403. The topological polar surface area (TPSA) is 83.1 Å². The molecule has 0 radical (unpaired) electrons. The summed E-state index contributed by atoms with van der Waals surface area (Å²) in [5.74, 6) is 1.15. The normalized spacial score (nSPS) is 16.2. The average Bonchev–Trinajstić information content (AvgIpc) is 2.76. The highest BCUT2D eigenvalue weighted by atomic mass is 16.5. The molecule has 1 aliphatic heterocycles. The van der Waals surface area contributed by atoms with Crippen molar-refractivity contribution in [2.24, 2.45) is 5.92 Å². The fraction of sp³-hybridized carbons (Fsp3) is 0.652. The Hall–Kier alpha value is -2.16. The van der Waals surface area contributed by atoms with E-state index in [2.05, 4.69) is 34.3 Å². The van der Waals surface area contributed by atoms with E-state index in [1.54, 1.807) is 14.2 Å². The summed E-state index contributed by atoms with van der Waals surface area (Å²) in [7, 11) is 3.30. The Kier molecular flexibility index (Phi) is 10.8. The summed E-state index contributed by atoms with van der Waals surface area (Å²) in [6.07, 6.45) is 0.818. The Labute approximate surface area is 186 Å². The maximum Gasteiger partial charge on any atom is 0.234 e. The fourth-order valence-electron chi connectivity index (χ4n) is 3.68. The second-order valence-corrected chi connectivity index (χ2v) is 8.31. The molecule has 1 aromatic carbocycles. The van der Waals surface area contributed by atoms with Crippen molar-refractivity contribution in [3.8, 4) is 5.75 Å². The second-order valence-electron chi connectivity index (χ2n) is 8.31. The number of ether oxygens (including phenoxy) is 2. The van der Waals surface area contributed by atoms with E-state index >= 15 is 0 Å². The van der Waals surface area contributed by atoms with E-state index in [0.29, 0.717) is 26.2 Å². The SMILES string of the molecule is COCCCNC(=O)CN1CCN(CC(=O)NC(c2ccc(OC)cc2)C(C)C)CC1. The molecule has 1 heterocycles. The van der Waals surface area contributed by atoms with Gasteiger partial charge >= 0.3 is 0 Å². The number of rotatable bonds is 12. The molecule has 1 aromatic rings. The molecule has 2 amide bonds. The lowest BCUT2D eigenvalue weighted by Crippen LogP contribution is -2.52. The molecular formula is C23H38N4O4. The Balaban J connectivity index is 1.74. The Morgan fingerprint density at radius 1 is 0.968 bits per heavy atom. The first kappa shape index (κ1) is 25.1. The quantitative estimate of drug-likeness (QED) is 0.482. The minimum absolute atomic E-state index is 0.0267. The van der Waals surface area contributed by atoms with Crippen LogP contribution < -0.4 is 15.4 Å². The molecule has 1 atom stereocenters. The van der Waals surface area contributed by atoms with E-state index in [9.17, 15) is 9.59 Å². The zero-order valence-electron chi connectivity index (χ0n) is 19.4. The summed E-state index contributed by atoms with van der Waals surface area (Å²) in [6.45, 7) is 9.39. The van der Waals surface area contributed by atoms with Gasteiger partial charge in [-0.15, -0.1) is 0 Å². The molecule has 1 unspecified atom stereocenters. The number of carbonyl (C=O) groups excluding carboxylic acids is 2. The summed E-state index contributed by atoms with van der Waals surface area (Å²) in [4.78, 5) is 29.0. The van der Waals surface area contributed by atoms with Crippen LogP contribution in [0.5, 0.6) is 5.75 Å². The van der Waals surface area contributed by atoms with Crippen molar-refractivity contribution in [2.75, 3.05) is 66.6 Å². The Morgan fingerprint density at radius 2 is 1.55 bits per heavy atom. The second kappa shape index (κ2) is 13.3. The first-order chi connectivity index (χ1) is 14.9. The van der Waals surface area contributed by atoms with Crippen molar-refractivity contribution in [1.29, 1.82) is 0 Å². The van der Waals surface area contributed by atoms with Crippen molar-refractivity contribution in [1.82, 2.24) is 20.4 Å². The highest BCUT2D eigenvalue weighted by Crippen LogP contribution is 2.23. The number of benzene rings is 1. The van der Waals surface area contributed by atoms with Gasteiger partial charge in [-0.3, -0.25) is 19.4 Å². The average molecular weight is 435 g/mol. The van der Waals surface area contributed by atoms with Crippen LogP contribution >= 0.6 is 0 Å². The van der Waals surface area contributed by atoms with Gasteiger partial charge in [-0.25, -0.2) is 0 Å². The molecule has 8 nitrogen and oxygen atoms in total. The van der Waals surface area contributed by atoms with E-state index in [-0.39, 0.29) is 23.8 Å². The van der Waals surface area contributed by atoms with Gasteiger partial charge in [0.15, 0.2) is 0 Å². The van der Waals surface area contributed by atoms with E-state index in [4.69, 9.17) is 9.47 Å². The Bertz CT molecular complexity index is 673. The van der Waals surface area contributed by atoms with Crippen LogP contribution in [-0.2, 0) is 14.3 Å². The molecule has 0 saturated carbocycles. The van der Waals surface area contributed by atoms with Gasteiger partial charge in [-0.2, -0.15) is 0 Å². The number of hydrogen-bond donors (Lipinski definition) is 2. The number of piperazine rings is 1. The number of nitrogens with zero attached hydrogens (tertiary/aromatic N) is 2. The van der Waals surface area contributed by atoms with Gasteiger partial charge in [0.25, 0.3) is 0 Å². The lowest BCUT2D eigenvalue weighted by atomic mass is 9.96. The third-order valence-corrected chi connectivity index (χ3v) is 5.50. The van der Waals surface area contributed by atoms with Gasteiger partial charge in [-0.05, 0) is 30.0 Å². The van der Waals surface area contributed by atoms with Crippen molar-refractivity contribution >= 4 is 11.8 Å². The molecular weight excluding hydrogens is 396 g/mol. The monoisotopic (exact) mass is 434 g/mol. The van der Waals surface area contributed by atoms with Crippen LogP contribution in [0.1, 0.15) is 31.9 Å². The number of hydrogen-bond acceptors (Lipinski definition) is 6. The predicted molar refractivity (Wildman–Crippen MR) is 121 cm³/mol. The number of amides is 2. The van der Waals surface area contributed by atoms with E-state index in [1.165, 1.54) is 0 Å². The summed E-state index contributed by atoms with van der Waals surface area (Å²) in [5, 5.41) is 6.10. The maximum atomic E-state index is 12.7. The van der Waals surface area contributed by atoms with Crippen LogP contribution in [0.15, 0.2) is 24.3 Å². The molecule has 2 rings (SSSR count). The fourth-order valence-corrected chi connectivity index (χ4v) is 3.68. The Morgan fingerprint density at radius 3 is 2.06 bits per heavy atom. The lowest BCUT2D eigenvalue weighted by molar-refractivity contribution is -0.125. The molecule has 8 heteroatoms. The first-order valence-corrected chi connectivity index (χ1v) is 11.1. The first-order valence-electron chi connectivity index (χ1n) is 11.1. The molecule has 0 bridgehead atoms. The summed E-state index contributed by atoms with van der Waals surface area (Å²) in [6, 6.07) is 7.81. The molecule has 31 heavy (non-hydrogen) atoms. The van der Waals surface area contributed by atoms with Crippen LogP contribution in [0.25, 0.3) is 0 Å². The van der Waals surface area contributed by atoms with E-state index < -0.39 is 0 Å². The molecule has 174 valence electrons. The van der Waals surface area contributed by atoms with Crippen LogP contribution in [0.2, 0.25) is 0 Å². The van der Waals surface area contributed by atoms with Crippen LogP contribution in [0.3, 0.4) is 0 Å². The third kappa shape index (κ3) is 8.85. The largest absolute Gasteiger partial charge is 0.497 e. The van der Waals surface area contributed by atoms with Gasteiger partial charge < -0.3 is 20.1 Å². The van der Waals surface area contributed by atoms with E-state index in [1.807, 2.05) is 24.3 Å². The molecule has 0 spiro atoms. The van der Waals surface area contributed by atoms with Gasteiger partial charge in [-0.1, -0.05) is 26.0 Å². The van der Waals surface area contributed by atoms with Crippen molar-refractivity contribution in [2.45, 2.75) is 26.3 Å². The van der Waals surface area contributed by atoms with Crippen LogP contribution in [0.4, 0.5) is 0 Å². The molecule has 1 aliphatic rings. The summed E-state index contributed by atoms with van der Waals surface area (Å²) < 4.78 is 10.2. The van der Waals surface area contributed by atoms with Gasteiger partial charge in [0.1, 0.15) is 5.75 Å². The third-order valence-electron chi connectivity index (χ3n) is 5.50. The molecule has 0 aromatic heterocycles. The summed E-state index contributed by atoms with van der Waals surface area (Å²) >= 11 is 0. The van der Waals surface area contributed by atoms with Crippen LogP contribution in [-0.4, -0.2) is 88.3 Å². The number of carbonyl (C=O) groups is 2. The smallest absolute Gasteiger partial charge is 0.234 e. The van der Waals surface area contributed by atoms with Gasteiger partial charge in [0.05, 0.1) is 26.2 Å². The van der Waals surface area contributed by atoms with Gasteiger partial charge in [0, 0.05) is 46.4 Å². The highest BCUT2D eigenvalue weighted by Gasteiger charge is 2.23. The molecule has 1 saturated heterocycles. The van der Waals surface area contributed by atoms with Crippen molar-refractivity contribution < 1.29 is 19.1 Å². The summed E-state index contributed by atoms with van der Waals surface area (Å²) in [5.41, 5.74) is 1.07. The molecule has 1 fully saturated rings. The van der Waals surface area contributed by atoms with E-state index in [0.717, 1.165) is 43.9 Å². The molecule has 2 N–H and O–H groups in total. The zero-order valence-corrected chi connectivity index (χ0v) is 19.4. The van der Waals surface area contributed by atoms with Crippen molar-refractivity contribution in [3.63, 3.8) is 0 Å². The number of methoxy groups -OCH3 is 2. The predicted octanol–water partition coefficient (Wildman–Crippen LogP) is 1.28.